The van der Waals surface area contributed by atoms with E-state index < -0.39 is 12.7 Å². The predicted molar refractivity (Wildman–Crippen MR) is 68.9 cm³/mol. The fraction of sp³-hybridized carbons (Fsp3) is 0.462. The molecule has 1 aromatic carbocycles. The molecule has 1 N–H and O–H groups in total. The highest BCUT2D eigenvalue weighted by atomic mass is 19.1. The summed E-state index contributed by atoms with van der Waals surface area (Å²) in [7, 11) is -0.458. The fourth-order valence-corrected chi connectivity index (χ4v) is 1.97. The maximum absolute atomic E-state index is 13.3. The van der Waals surface area contributed by atoms with Crippen molar-refractivity contribution in [3.63, 3.8) is 0 Å². The Kier molecular flexibility index (Phi) is 2.96. The smallest absolute Gasteiger partial charge is 0.411 e. The van der Waals surface area contributed by atoms with Crippen molar-refractivity contribution in [2.45, 2.75) is 38.8 Å². The first-order valence-electron chi connectivity index (χ1n) is 5.92. The van der Waals surface area contributed by atoms with Gasteiger partial charge in [0.25, 0.3) is 0 Å². The molecule has 0 aromatic heterocycles. The zero-order valence-electron chi connectivity index (χ0n) is 11.0. The quantitative estimate of drug-likeness (QED) is 0.765. The van der Waals surface area contributed by atoms with Gasteiger partial charge >= 0.3 is 7.05 Å². The third-order valence-corrected chi connectivity index (χ3v) is 3.83. The van der Waals surface area contributed by atoms with Gasteiger partial charge in [-0.05, 0) is 51.4 Å². The molecule has 1 aromatic rings. The molecular formula is C13H16BFN2O. The van der Waals surface area contributed by atoms with Gasteiger partial charge in [-0.2, -0.15) is 5.26 Å². The van der Waals surface area contributed by atoms with E-state index in [2.05, 4.69) is 11.3 Å². The monoisotopic (exact) mass is 246 g/mol. The molecule has 0 amide bonds. The summed E-state index contributed by atoms with van der Waals surface area (Å²) in [6.07, 6.45) is 0. The Morgan fingerprint density at radius 2 is 2.00 bits per heavy atom. The summed E-state index contributed by atoms with van der Waals surface area (Å²) in [6.45, 7) is 8.01. The first-order chi connectivity index (χ1) is 8.27. The van der Waals surface area contributed by atoms with Gasteiger partial charge in [-0.1, -0.05) is 0 Å². The number of hydrogen-bond donors (Lipinski definition) is 1. The van der Waals surface area contributed by atoms with Crippen molar-refractivity contribution in [3.05, 3.63) is 29.6 Å². The summed E-state index contributed by atoms with van der Waals surface area (Å²) in [6, 6.07) is 6.19. The van der Waals surface area contributed by atoms with Crippen LogP contribution in [0.2, 0.25) is 0 Å². The Hall–Kier alpha value is -1.38. The van der Waals surface area contributed by atoms with Gasteiger partial charge in [-0.15, -0.1) is 0 Å². The molecule has 1 heterocycles. The zero-order chi connectivity index (χ0) is 13.6. The summed E-state index contributed by atoms with van der Waals surface area (Å²) in [4.78, 5) is 0. The molecule has 0 bridgehead atoms. The fourth-order valence-electron chi connectivity index (χ4n) is 1.97. The molecule has 0 spiro atoms. The van der Waals surface area contributed by atoms with Crippen molar-refractivity contribution in [1.82, 2.24) is 5.23 Å². The highest BCUT2D eigenvalue weighted by molar-refractivity contribution is 6.66. The summed E-state index contributed by atoms with van der Waals surface area (Å²) in [5.74, 6) is -0.364. The van der Waals surface area contributed by atoms with Crippen LogP contribution in [0.25, 0.3) is 0 Å². The van der Waals surface area contributed by atoms with E-state index in [9.17, 15) is 4.39 Å². The minimum absolute atomic E-state index is 0.253. The summed E-state index contributed by atoms with van der Waals surface area (Å²) in [5, 5.41) is 12.4. The summed E-state index contributed by atoms with van der Waals surface area (Å²) < 4.78 is 19.2. The van der Waals surface area contributed by atoms with Crippen LogP contribution in [0.15, 0.2) is 18.2 Å². The van der Waals surface area contributed by atoms with E-state index in [0.717, 1.165) is 0 Å². The second kappa shape index (κ2) is 4.08. The molecule has 5 heteroatoms. The Morgan fingerprint density at radius 3 is 2.50 bits per heavy atom. The number of nitrogens with zero attached hydrogens (tertiary/aromatic N) is 1. The number of rotatable bonds is 1. The van der Waals surface area contributed by atoms with Gasteiger partial charge in [0, 0.05) is 5.54 Å². The van der Waals surface area contributed by atoms with Gasteiger partial charge in [-0.25, -0.2) is 4.39 Å². The lowest BCUT2D eigenvalue weighted by Gasteiger charge is -2.33. The minimum atomic E-state index is -0.458. The zero-order valence-corrected chi connectivity index (χ0v) is 11.0. The van der Waals surface area contributed by atoms with E-state index in [1.807, 2.05) is 27.7 Å². The van der Waals surface area contributed by atoms with Crippen LogP contribution in [0.5, 0.6) is 0 Å². The molecule has 2 rings (SSSR count). The summed E-state index contributed by atoms with van der Waals surface area (Å²) in [5.41, 5.74) is 0.339. The lowest BCUT2D eigenvalue weighted by molar-refractivity contribution is 0.0750. The van der Waals surface area contributed by atoms with E-state index in [4.69, 9.17) is 9.92 Å². The van der Waals surface area contributed by atoms with E-state index in [-0.39, 0.29) is 11.4 Å². The van der Waals surface area contributed by atoms with Crippen LogP contribution < -0.4 is 10.7 Å². The maximum Gasteiger partial charge on any atom is 0.418 e. The highest BCUT2D eigenvalue weighted by Gasteiger charge is 2.50. The average molecular weight is 246 g/mol. The van der Waals surface area contributed by atoms with E-state index in [1.165, 1.54) is 18.2 Å². The number of hydrogen-bond acceptors (Lipinski definition) is 3. The van der Waals surface area contributed by atoms with Gasteiger partial charge < -0.3 is 9.88 Å². The molecule has 0 radical (unpaired) electrons. The van der Waals surface area contributed by atoms with Crippen molar-refractivity contribution in [3.8, 4) is 6.07 Å². The molecule has 94 valence electrons. The van der Waals surface area contributed by atoms with Crippen molar-refractivity contribution in [2.75, 3.05) is 0 Å². The first-order valence-corrected chi connectivity index (χ1v) is 5.92. The SMILES string of the molecule is CC1(C)NB(c2cc(F)ccc2C#N)OC1(C)C. The molecule has 3 nitrogen and oxygen atoms in total. The van der Waals surface area contributed by atoms with Crippen LogP contribution in [0.4, 0.5) is 4.39 Å². The van der Waals surface area contributed by atoms with E-state index in [1.54, 1.807) is 0 Å². The van der Waals surface area contributed by atoms with Gasteiger partial charge in [0.2, 0.25) is 0 Å². The Labute approximate surface area is 107 Å². The van der Waals surface area contributed by atoms with Crippen molar-refractivity contribution in [1.29, 1.82) is 5.26 Å². The number of nitriles is 1. The number of halogens is 1. The molecule has 1 saturated heterocycles. The second-order valence-electron chi connectivity index (χ2n) is 5.62. The topological polar surface area (TPSA) is 45.0 Å². The third-order valence-electron chi connectivity index (χ3n) is 3.83. The Bertz CT molecular complexity index is 506. The van der Waals surface area contributed by atoms with Gasteiger partial charge in [0.15, 0.2) is 0 Å². The van der Waals surface area contributed by atoms with Crippen LogP contribution >= 0.6 is 0 Å². The first kappa shape index (κ1) is 13.1. The van der Waals surface area contributed by atoms with Crippen LogP contribution in [-0.4, -0.2) is 18.2 Å². The van der Waals surface area contributed by atoms with Crippen molar-refractivity contribution in [2.24, 2.45) is 0 Å². The Morgan fingerprint density at radius 1 is 1.33 bits per heavy atom. The molecule has 1 fully saturated rings. The molecular weight excluding hydrogens is 230 g/mol. The van der Waals surface area contributed by atoms with Crippen LogP contribution in [0.1, 0.15) is 33.3 Å². The molecule has 0 unspecified atom stereocenters. The Balaban J connectivity index is 2.41. The lowest BCUT2D eigenvalue weighted by Crippen LogP contribution is -2.52. The van der Waals surface area contributed by atoms with Gasteiger partial charge in [0.1, 0.15) is 5.82 Å². The minimum Gasteiger partial charge on any atom is -0.411 e. The molecule has 1 aliphatic rings. The highest BCUT2D eigenvalue weighted by Crippen LogP contribution is 2.31. The molecule has 18 heavy (non-hydrogen) atoms. The van der Waals surface area contributed by atoms with Gasteiger partial charge in [0.05, 0.1) is 17.2 Å². The lowest BCUT2D eigenvalue weighted by atomic mass is 9.71. The average Bonchev–Trinajstić information content (AvgIpc) is 2.48. The standard InChI is InChI=1S/C13H16BFN2O/c1-12(2)13(3,4)18-14(17-12)11-7-10(15)6-5-9(11)8-16/h5-7,17H,1-4H3. The van der Waals surface area contributed by atoms with Gasteiger partial charge in [-0.3, -0.25) is 0 Å². The molecule has 0 aliphatic carbocycles. The molecule has 0 saturated carbocycles. The number of nitrogens with one attached hydrogen (secondary N) is 1. The predicted octanol–water partition coefficient (Wildman–Crippen LogP) is 1.57. The van der Waals surface area contributed by atoms with Crippen LogP contribution in [0, 0.1) is 17.1 Å². The van der Waals surface area contributed by atoms with Crippen LogP contribution in [0.3, 0.4) is 0 Å². The normalized spacial score (nSPS) is 20.8. The largest absolute Gasteiger partial charge is 0.418 e. The number of benzene rings is 1. The van der Waals surface area contributed by atoms with Crippen molar-refractivity contribution >= 4 is 12.5 Å². The second-order valence-corrected chi connectivity index (χ2v) is 5.62. The summed E-state index contributed by atoms with van der Waals surface area (Å²) >= 11 is 0. The van der Waals surface area contributed by atoms with E-state index >= 15 is 0 Å². The maximum atomic E-state index is 13.3. The van der Waals surface area contributed by atoms with E-state index in [0.29, 0.717) is 11.0 Å². The van der Waals surface area contributed by atoms with Crippen molar-refractivity contribution < 1.29 is 9.04 Å². The third kappa shape index (κ3) is 2.02. The molecule has 1 aliphatic heterocycles. The molecule has 0 atom stereocenters. The van der Waals surface area contributed by atoms with Crippen LogP contribution in [-0.2, 0) is 4.65 Å².